The molecule has 2 heterocycles. The Morgan fingerprint density at radius 3 is 2.75 bits per heavy atom. The predicted octanol–water partition coefficient (Wildman–Crippen LogP) is 2.09. The highest BCUT2D eigenvalue weighted by molar-refractivity contribution is 6.04. The lowest BCUT2D eigenvalue weighted by Crippen LogP contribution is -2.33. The molecule has 0 aliphatic carbocycles. The van der Waals surface area contributed by atoms with Gasteiger partial charge in [-0.2, -0.15) is 5.10 Å². The van der Waals surface area contributed by atoms with Gasteiger partial charge in [-0.1, -0.05) is 12.1 Å². The summed E-state index contributed by atoms with van der Waals surface area (Å²) in [7, 11) is 1.90. The molecule has 6 heteroatoms. The SMILES string of the molecule is Cc1cccc2c1[C@@H](NC(=O)CCc1c(C)nn(C)c1C)C(=O)N2. The van der Waals surface area contributed by atoms with Crippen molar-refractivity contribution in [1.82, 2.24) is 15.1 Å². The minimum absolute atomic E-state index is 0.131. The summed E-state index contributed by atoms with van der Waals surface area (Å²) < 4.78 is 1.83. The number of hydrogen-bond acceptors (Lipinski definition) is 3. The van der Waals surface area contributed by atoms with Crippen LogP contribution in [-0.4, -0.2) is 21.6 Å². The number of carbonyl (C=O) groups is 2. The molecule has 1 aromatic heterocycles. The van der Waals surface area contributed by atoms with Crippen LogP contribution in [0.15, 0.2) is 18.2 Å². The Kier molecular flexibility index (Phi) is 4.13. The maximum Gasteiger partial charge on any atom is 0.251 e. The van der Waals surface area contributed by atoms with Crippen molar-refractivity contribution in [1.29, 1.82) is 0 Å². The van der Waals surface area contributed by atoms with Crippen molar-refractivity contribution in [2.75, 3.05) is 5.32 Å². The molecule has 2 N–H and O–H groups in total. The van der Waals surface area contributed by atoms with Crippen LogP contribution < -0.4 is 10.6 Å². The van der Waals surface area contributed by atoms with E-state index in [2.05, 4.69) is 15.7 Å². The molecule has 24 heavy (non-hydrogen) atoms. The quantitative estimate of drug-likeness (QED) is 0.903. The number of aromatic nitrogens is 2. The monoisotopic (exact) mass is 326 g/mol. The highest BCUT2D eigenvalue weighted by atomic mass is 16.2. The second-order valence-corrected chi connectivity index (χ2v) is 6.30. The first-order chi connectivity index (χ1) is 11.4. The molecular formula is C18H22N4O2. The maximum absolute atomic E-state index is 12.4. The molecule has 0 saturated carbocycles. The number of rotatable bonds is 4. The average Bonchev–Trinajstić information content (AvgIpc) is 2.96. The van der Waals surface area contributed by atoms with Crippen LogP contribution in [0, 0.1) is 20.8 Å². The highest BCUT2D eigenvalue weighted by Crippen LogP contribution is 2.33. The fourth-order valence-corrected chi connectivity index (χ4v) is 3.30. The Morgan fingerprint density at radius 2 is 2.08 bits per heavy atom. The van der Waals surface area contributed by atoms with E-state index in [0.29, 0.717) is 12.8 Å². The van der Waals surface area contributed by atoms with Gasteiger partial charge < -0.3 is 10.6 Å². The largest absolute Gasteiger partial charge is 0.340 e. The van der Waals surface area contributed by atoms with Gasteiger partial charge in [0, 0.05) is 30.4 Å². The topological polar surface area (TPSA) is 76.0 Å². The molecule has 6 nitrogen and oxygen atoms in total. The summed E-state index contributed by atoms with van der Waals surface area (Å²) >= 11 is 0. The molecule has 126 valence electrons. The van der Waals surface area contributed by atoms with Crippen LogP contribution in [-0.2, 0) is 23.1 Å². The standard InChI is InChI=1S/C18H22N4O2/c1-10-6-5-7-14-16(10)17(18(24)19-14)20-15(23)9-8-13-11(2)21-22(4)12(13)3/h5-7,17H,8-9H2,1-4H3,(H,19,24)(H,20,23)/t17-/m1/s1. The predicted molar refractivity (Wildman–Crippen MR) is 91.7 cm³/mol. The van der Waals surface area contributed by atoms with Gasteiger partial charge in [0.25, 0.3) is 5.91 Å². The molecule has 1 aliphatic rings. The summed E-state index contributed by atoms with van der Waals surface area (Å²) in [6.45, 7) is 5.89. The van der Waals surface area contributed by atoms with Crippen LogP contribution in [0.25, 0.3) is 0 Å². The van der Waals surface area contributed by atoms with Gasteiger partial charge in [0.2, 0.25) is 5.91 Å². The van der Waals surface area contributed by atoms with Gasteiger partial charge in [0.05, 0.1) is 5.69 Å². The lowest BCUT2D eigenvalue weighted by Gasteiger charge is -2.13. The zero-order chi connectivity index (χ0) is 17.4. The van der Waals surface area contributed by atoms with E-state index in [-0.39, 0.29) is 11.8 Å². The molecule has 2 amide bonds. The molecule has 0 bridgehead atoms. The molecule has 1 aliphatic heterocycles. The van der Waals surface area contributed by atoms with Crippen molar-refractivity contribution in [2.24, 2.45) is 7.05 Å². The molecule has 3 rings (SSSR count). The van der Waals surface area contributed by atoms with Crippen molar-refractivity contribution >= 4 is 17.5 Å². The summed E-state index contributed by atoms with van der Waals surface area (Å²) in [4.78, 5) is 24.5. The van der Waals surface area contributed by atoms with Gasteiger partial charge in [-0.05, 0) is 44.4 Å². The summed E-state index contributed by atoms with van der Waals surface area (Å²) in [5.41, 5.74) is 5.76. The second kappa shape index (κ2) is 6.11. The fourth-order valence-electron chi connectivity index (χ4n) is 3.30. The molecular weight excluding hydrogens is 304 g/mol. The highest BCUT2D eigenvalue weighted by Gasteiger charge is 2.32. The van der Waals surface area contributed by atoms with E-state index in [0.717, 1.165) is 33.8 Å². The van der Waals surface area contributed by atoms with Crippen molar-refractivity contribution in [3.63, 3.8) is 0 Å². The summed E-state index contributed by atoms with van der Waals surface area (Å²) in [5.74, 6) is -0.310. The molecule has 1 aromatic carbocycles. The minimum Gasteiger partial charge on any atom is -0.340 e. The number of aryl methyl sites for hydroxylation is 3. The van der Waals surface area contributed by atoms with Crippen LogP contribution in [0.4, 0.5) is 5.69 Å². The Labute approximate surface area is 141 Å². The normalized spacial score (nSPS) is 16.0. The lowest BCUT2D eigenvalue weighted by atomic mass is 10.0. The molecule has 0 saturated heterocycles. The number of benzene rings is 1. The summed E-state index contributed by atoms with van der Waals surface area (Å²) in [5, 5.41) is 10.1. The van der Waals surface area contributed by atoms with Crippen molar-refractivity contribution in [3.05, 3.63) is 46.3 Å². The number of hydrogen-bond donors (Lipinski definition) is 2. The van der Waals surface area contributed by atoms with Crippen LogP contribution in [0.3, 0.4) is 0 Å². The lowest BCUT2D eigenvalue weighted by molar-refractivity contribution is -0.126. The van der Waals surface area contributed by atoms with E-state index in [1.54, 1.807) is 0 Å². The number of nitrogens with one attached hydrogen (secondary N) is 2. The van der Waals surface area contributed by atoms with Crippen LogP contribution in [0.2, 0.25) is 0 Å². The fraction of sp³-hybridized carbons (Fsp3) is 0.389. The van der Waals surface area contributed by atoms with E-state index in [1.807, 2.05) is 50.7 Å². The minimum atomic E-state index is -0.607. The van der Waals surface area contributed by atoms with Gasteiger partial charge in [-0.15, -0.1) is 0 Å². The first kappa shape index (κ1) is 16.2. The third-order valence-electron chi connectivity index (χ3n) is 4.70. The van der Waals surface area contributed by atoms with Gasteiger partial charge in [-0.25, -0.2) is 0 Å². The Bertz CT molecular complexity index is 823. The van der Waals surface area contributed by atoms with Gasteiger partial charge in [0.1, 0.15) is 6.04 Å². The number of amides is 2. The average molecular weight is 326 g/mol. The van der Waals surface area contributed by atoms with Gasteiger partial charge in [-0.3, -0.25) is 14.3 Å². The molecule has 0 spiro atoms. The van der Waals surface area contributed by atoms with E-state index < -0.39 is 6.04 Å². The third kappa shape index (κ3) is 2.79. The number of carbonyl (C=O) groups excluding carboxylic acids is 2. The Morgan fingerprint density at radius 1 is 1.33 bits per heavy atom. The van der Waals surface area contributed by atoms with E-state index in [4.69, 9.17) is 0 Å². The third-order valence-corrected chi connectivity index (χ3v) is 4.70. The van der Waals surface area contributed by atoms with Crippen molar-refractivity contribution < 1.29 is 9.59 Å². The first-order valence-electron chi connectivity index (χ1n) is 8.07. The second-order valence-electron chi connectivity index (χ2n) is 6.30. The molecule has 0 fully saturated rings. The smallest absolute Gasteiger partial charge is 0.251 e. The van der Waals surface area contributed by atoms with Crippen LogP contribution in [0.1, 0.15) is 40.5 Å². The zero-order valence-electron chi connectivity index (χ0n) is 14.4. The van der Waals surface area contributed by atoms with Crippen LogP contribution in [0.5, 0.6) is 0 Å². The summed E-state index contributed by atoms with van der Waals surface area (Å²) in [6, 6.07) is 5.09. The van der Waals surface area contributed by atoms with E-state index in [1.165, 1.54) is 0 Å². The Balaban J connectivity index is 1.69. The number of fused-ring (bicyclic) bond motifs is 1. The molecule has 1 atom stereocenters. The van der Waals surface area contributed by atoms with Gasteiger partial charge >= 0.3 is 0 Å². The van der Waals surface area contributed by atoms with Crippen molar-refractivity contribution in [2.45, 2.75) is 39.7 Å². The van der Waals surface area contributed by atoms with E-state index in [9.17, 15) is 9.59 Å². The number of nitrogens with zero attached hydrogens (tertiary/aromatic N) is 2. The Hall–Kier alpha value is -2.63. The van der Waals surface area contributed by atoms with Crippen LogP contribution >= 0.6 is 0 Å². The van der Waals surface area contributed by atoms with E-state index >= 15 is 0 Å². The maximum atomic E-state index is 12.4. The molecule has 0 unspecified atom stereocenters. The van der Waals surface area contributed by atoms with Gasteiger partial charge in [0.15, 0.2) is 0 Å². The molecule has 0 radical (unpaired) electrons. The summed E-state index contributed by atoms with van der Waals surface area (Å²) in [6.07, 6.45) is 0.949. The molecule has 2 aromatic rings. The number of anilines is 1. The van der Waals surface area contributed by atoms with Crippen molar-refractivity contribution in [3.8, 4) is 0 Å². The first-order valence-corrected chi connectivity index (χ1v) is 8.07. The zero-order valence-corrected chi connectivity index (χ0v) is 14.4.